The van der Waals surface area contributed by atoms with Gasteiger partial charge in [-0.3, -0.25) is 4.79 Å². The Kier molecular flexibility index (Phi) is 3.87. The third-order valence-electron chi connectivity index (χ3n) is 3.84. The highest BCUT2D eigenvalue weighted by atomic mass is 16.1. The van der Waals surface area contributed by atoms with Crippen molar-refractivity contribution in [2.75, 3.05) is 0 Å². The summed E-state index contributed by atoms with van der Waals surface area (Å²) in [4.78, 5) is 20.5. The molecule has 0 aliphatic carbocycles. The molecule has 1 aliphatic heterocycles. The van der Waals surface area contributed by atoms with E-state index in [-0.39, 0.29) is 11.9 Å². The van der Waals surface area contributed by atoms with E-state index < -0.39 is 0 Å². The van der Waals surface area contributed by atoms with Gasteiger partial charge in [-0.25, -0.2) is 9.97 Å². The SMILES string of the molecule is Cc1nccc(C(=O)N[C@@H]2CCc3nnc(C(C)C)n3C2)n1. The molecule has 1 aliphatic rings. The molecule has 7 heteroatoms. The van der Waals surface area contributed by atoms with Gasteiger partial charge < -0.3 is 9.88 Å². The van der Waals surface area contributed by atoms with Crippen molar-refractivity contribution >= 4 is 5.91 Å². The molecule has 3 rings (SSSR count). The number of amides is 1. The van der Waals surface area contributed by atoms with Gasteiger partial charge in [0.25, 0.3) is 5.91 Å². The van der Waals surface area contributed by atoms with Crippen molar-refractivity contribution in [3.8, 4) is 0 Å². The fourth-order valence-corrected chi connectivity index (χ4v) is 2.73. The normalized spacial score (nSPS) is 17.4. The third-order valence-corrected chi connectivity index (χ3v) is 3.84. The van der Waals surface area contributed by atoms with Crippen LogP contribution in [-0.2, 0) is 13.0 Å². The number of nitrogens with one attached hydrogen (secondary N) is 1. The average Bonchev–Trinajstić information content (AvgIpc) is 2.90. The van der Waals surface area contributed by atoms with Crippen LogP contribution in [0.4, 0.5) is 0 Å². The number of aromatic nitrogens is 5. The molecule has 3 heterocycles. The third kappa shape index (κ3) is 2.84. The van der Waals surface area contributed by atoms with Crippen molar-refractivity contribution in [3.05, 3.63) is 35.4 Å². The Balaban J connectivity index is 1.72. The molecule has 7 nitrogen and oxygen atoms in total. The Bertz CT molecular complexity index is 693. The Morgan fingerprint density at radius 3 is 2.95 bits per heavy atom. The number of aryl methyl sites for hydroxylation is 2. The summed E-state index contributed by atoms with van der Waals surface area (Å²) < 4.78 is 2.13. The highest BCUT2D eigenvalue weighted by Crippen LogP contribution is 2.20. The molecule has 0 bridgehead atoms. The number of fused-ring (bicyclic) bond motifs is 1. The summed E-state index contributed by atoms with van der Waals surface area (Å²) in [5.74, 6) is 2.75. The van der Waals surface area contributed by atoms with E-state index in [2.05, 4.69) is 43.9 Å². The maximum absolute atomic E-state index is 12.3. The van der Waals surface area contributed by atoms with Crippen LogP contribution in [0.5, 0.6) is 0 Å². The largest absolute Gasteiger partial charge is 0.346 e. The van der Waals surface area contributed by atoms with Gasteiger partial charge in [0.05, 0.1) is 0 Å². The highest BCUT2D eigenvalue weighted by molar-refractivity contribution is 5.92. The van der Waals surface area contributed by atoms with Gasteiger partial charge in [0.1, 0.15) is 23.2 Å². The van der Waals surface area contributed by atoms with Gasteiger partial charge in [0.2, 0.25) is 0 Å². The lowest BCUT2D eigenvalue weighted by Gasteiger charge is -2.25. The minimum Gasteiger partial charge on any atom is -0.346 e. The first-order chi connectivity index (χ1) is 10.5. The van der Waals surface area contributed by atoms with Gasteiger partial charge in [-0.15, -0.1) is 10.2 Å². The molecule has 0 spiro atoms. The van der Waals surface area contributed by atoms with Crippen molar-refractivity contribution in [1.82, 2.24) is 30.0 Å². The van der Waals surface area contributed by atoms with Crippen LogP contribution in [0.15, 0.2) is 12.3 Å². The molecule has 116 valence electrons. The standard InChI is InChI=1S/C15H20N6O/c1-9(2)14-20-19-13-5-4-11(8-21(13)14)18-15(22)12-6-7-16-10(3)17-12/h6-7,9,11H,4-5,8H2,1-3H3,(H,18,22)/t11-/m1/s1. The quantitative estimate of drug-likeness (QED) is 0.922. The number of carbonyl (C=O) groups is 1. The minimum absolute atomic E-state index is 0.0729. The molecule has 0 fully saturated rings. The predicted molar refractivity (Wildman–Crippen MR) is 80.5 cm³/mol. The van der Waals surface area contributed by atoms with Gasteiger partial charge in [0.15, 0.2) is 0 Å². The molecule has 1 N–H and O–H groups in total. The molecule has 2 aromatic heterocycles. The lowest BCUT2D eigenvalue weighted by molar-refractivity contribution is 0.0921. The average molecular weight is 300 g/mol. The molecule has 1 amide bonds. The van der Waals surface area contributed by atoms with Crippen molar-refractivity contribution in [1.29, 1.82) is 0 Å². The zero-order chi connectivity index (χ0) is 15.7. The van der Waals surface area contributed by atoms with E-state index in [9.17, 15) is 4.79 Å². The number of hydrogen-bond acceptors (Lipinski definition) is 5. The molecule has 0 saturated heterocycles. The lowest BCUT2D eigenvalue weighted by Crippen LogP contribution is -2.41. The second-order valence-corrected chi connectivity index (χ2v) is 5.94. The summed E-state index contributed by atoms with van der Waals surface area (Å²) in [5, 5.41) is 11.6. The first-order valence-electron chi connectivity index (χ1n) is 7.57. The first kappa shape index (κ1) is 14.6. The predicted octanol–water partition coefficient (Wildman–Crippen LogP) is 1.24. The summed E-state index contributed by atoms with van der Waals surface area (Å²) in [6.07, 6.45) is 3.30. The minimum atomic E-state index is -0.155. The Hall–Kier alpha value is -2.31. The second kappa shape index (κ2) is 5.82. The number of carbonyl (C=O) groups excluding carboxylic acids is 1. The van der Waals surface area contributed by atoms with E-state index in [1.165, 1.54) is 0 Å². The fraction of sp³-hybridized carbons (Fsp3) is 0.533. The van der Waals surface area contributed by atoms with E-state index >= 15 is 0 Å². The van der Waals surface area contributed by atoms with Crippen LogP contribution in [0.2, 0.25) is 0 Å². The molecule has 0 aromatic carbocycles. The lowest BCUT2D eigenvalue weighted by atomic mass is 10.1. The molecule has 2 aromatic rings. The summed E-state index contributed by atoms with van der Waals surface area (Å²) in [6, 6.07) is 1.71. The van der Waals surface area contributed by atoms with E-state index in [4.69, 9.17) is 0 Å². The molecular weight excluding hydrogens is 280 g/mol. The van der Waals surface area contributed by atoms with Crippen LogP contribution in [-0.4, -0.2) is 36.7 Å². The van der Waals surface area contributed by atoms with Crippen LogP contribution in [0.1, 0.15) is 54.1 Å². The van der Waals surface area contributed by atoms with E-state index in [1.54, 1.807) is 19.2 Å². The van der Waals surface area contributed by atoms with Crippen LogP contribution in [0.25, 0.3) is 0 Å². The van der Waals surface area contributed by atoms with Gasteiger partial charge in [-0.2, -0.15) is 0 Å². The van der Waals surface area contributed by atoms with E-state index in [0.717, 1.165) is 24.5 Å². The molecule has 0 saturated carbocycles. The number of rotatable bonds is 3. The topological polar surface area (TPSA) is 85.6 Å². The van der Waals surface area contributed by atoms with Crippen molar-refractivity contribution in [2.45, 2.75) is 52.1 Å². The number of hydrogen-bond donors (Lipinski definition) is 1. The van der Waals surface area contributed by atoms with Crippen molar-refractivity contribution < 1.29 is 4.79 Å². The van der Waals surface area contributed by atoms with Gasteiger partial charge in [-0.05, 0) is 19.4 Å². The van der Waals surface area contributed by atoms with Gasteiger partial charge in [0, 0.05) is 31.1 Å². The van der Waals surface area contributed by atoms with E-state index in [0.29, 0.717) is 24.0 Å². The zero-order valence-electron chi connectivity index (χ0n) is 13.1. The molecule has 1 atom stereocenters. The summed E-state index contributed by atoms with van der Waals surface area (Å²) in [5.41, 5.74) is 0.408. The molecule has 0 unspecified atom stereocenters. The van der Waals surface area contributed by atoms with Gasteiger partial charge >= 0.3 is 0 Å². The summed E-state index contributed by atoms with van der Waals surface area (Å²) >= 11 is 0. The zero-order valence-corrected chi connectivity index (χ0v) is 13.1. The monoisotopic (exact) mass is 300 g/mol. The smallest absolute Gasteiger partial charge is 0.270 e. The van der Waals surface area contributed by atoms with Crippen LogP contribution in [0, 0.1) is 6.92 Å². The first-order valence-corrected chi connectivity index (χ1v) is 7.57. The molecule has 22 heavy (non-hydrogen) atoms. The van der Waals surface area contributed by atoms with Crippen LogP contribution < -0.4 is 5.32 Å². The maximum Gasteiger partial charge on any atom is 0.270 e. The molecule has 0 radical (unpaired) electrons. The highest BCUT2D eigenvalue weighted by Gasteiger charge is 2.25. The van der Waals surface area contributed by atoms with Crippen LogP contribution >= 0.6 is 0 Å². The van der Waals surface area contributed by atoms with Crippen LogP contribution in [0.3, 0.4) is 0 Å². The maximum atomic E-state index is 12.3. The Morgan fingerprint density at radius 1 is 1.41 bits per heavy atom. The molecular formula is C15H20N6O. The van der Waals surface area contributed by atoms with Crippen molar-refractivity contribution in [2.24, 2.45) is 0 Å². The number of nitrogens with zero attached hydrogens (tertiary/aromatic N) is 5. The van der Waals surface area contributed by atoms with Gasteiger partial charge in [-0.1, -0.05) is 13.8 Å². The summed E-state index contributed by atoms with van der Waals surface area (Å²) in [7, 11) is 0. The van der Waals surface area contributed by atoms with Crippen molar-refractivity contribution in [3.63, 3.8) is 0 Å². The Morgan fingerprint density at radius 2 is 2.23 bits per heavy atom. The second-order valence-electron chi connectivity index (χ2n) is 5.94. The fourth-order valence-electron chi connectivity index (χ4n) is 2.73. The van der Waals surface area contributed by atoms with E-state index in [1.807, 2.05) is 0 Å². The Labute approximate surface area is 129 Å². The summed E-state index contributed by atoms with van der Waals surface area (Å²) in [6.45, 7) is 6.69.